The Morgan fingerprint density at radius 3 is 2.25 bits per heavy atom. The molecule has 0 aliphatic carbocycles. The van der Waals surface area contributed by atoms with Crippen molar-refractivity contribution in [1.29, 1.82) is 0 Å². The number of aryl methyl sites for hydroxylation is 2. The van der Waals surface area contributed by atoms with E-state index in [0.29, 0.717) is 19.5 Å². The Kier molecular flexibility index (Phi) is 8.24. The van der Waals surface area contributed by atoms with Gasteiger partial charge >= 0.3 is 0 Å². The van der Waals surface area contributed by atoms with E-state index >= 15 is 0 Å². The molecule has 2 aromatic rings. The summed E-state index contributed by atoms with van der Waals surface area (Å²) >= 11 is 0. The van der Waals surface area contributed by atoms with E-state index in [2.05, 4.69) is 11.4 Å². The fourth-order valence-corrected chi connectivity index (χ4v) is 3.41. The van der Waals surface area contributed by atoms with E-state index in [9.17, 15) is 9.59 Å². The number of rotatable bonds is 9. The Morgan fingerprint density at radius 2 is 1.64 bits per heavy atom. The number of nitrogens with one attached hydrogen (secondary N) is 1. The van der Waals surface area contributed by atoms with Gasteiger partial charge in [0.05, 0.1) is 6.42 Å². The number of nitrogens with zero attached hydrogens (tertiary/aromatic N) is 1. The number of hydrogen-bond acceptors (Lipinski definition) is 2. The third-order valence-corrected chi connectivity index (χ3v) is 4.84. The molecule has 0 aliphatic rings. The van der Waals surface area contributed by atoms with Crippen molar-refractivity contribution in [3.05, 3.63) is 70.8 Å². The predicted octanol–water partition coefficient (Wildman–Crippen LogP) is 3.83. The lowest BCUT2D eigenvalue weighted by Gasteiger charge is -2.29. The van der Waals surface area contributed by atoms with Crippen LogP contribution < -0.4 is 5.32 Å². The molecular formula is C24H32N2O2. The summed E-state index contributed by atoms with van der Waals surface area (Å²) in [5.41, 5.74) is 4.45. The van der Waals surface area contributed by atoms with Gasteiger partial charge in [0.1, 0.15) is 6.04 Å². The predicted molar refractivity (Wildman–Crippen MR) is 114 cm³/mol. The van der Waals surface area contributed by atoms with Crippen molar-refractivity contribution >= 4 is 11.8 Å². The number of carbonyl (C=O) groups is 2. The minimum Gasteiger partial charge on any atom is -0.354 e. The fraction of sp³-hybridized carbons (Fsp3) is 0.417. The molecule has 0 aromatic heterocycles. The number of benzene rings is 2. The maximum atomic E-state index is 13.1. The third kappa shape index (κ3) is 6.52. The van der Waals surface area contributed by atoms with Crippen molar-refractivity contribution in [1.82, 2.24) is 10.2 Å². The summed E-state index contributed by atoms with van der Waals surface area (Å²) in [6.45, 7) is 9.05. The van der Waals surface area contributed by atoms with E-state index in [1.54, 1.807) is 4.90 Å². The van der Waals surface area contributed by atoms with Crippen LogP contribution in [0.2, 0.25) is 0 Å². The average molecular weight is 381 g/mol. The molecule has 0 heterocycles. The van der Waals surface area contributed by atoms with Crippen molar-refractivity contribution < 1.29 is 9.59 Å². The quantitative estimate of drug-likeness (QED) is 0.719. The van der Waals surface area contributed by atoms with Gasteiger partial charge < -0.3 is 10.2 Å². The van der Waals surface area contributed by atoms with Gasteiger partial charge in [-0.2, -0.15) is 0 Å². The maximum Gasteiger partial charge on any atom is 0.242 e. The Balaban J connectivity index is 2.15. The standard InChI is InChI=1S/C24H32N2O2/c1-5-12-25-24(28)20(4)26(13-11-21-9-7-6-8-10-21)23(27)17-22-15-18(2)14-19(3)16-22/h6-10,14-16,20H,5,11-13,17H2,1-4H3,(H,25,28)/t20-/m0/s1. The topological polar surface area (TPSA) is 49.4 Å². The second-order valence-corrected chi connectivity index (χ2v) is 7.46. The smallest absolute Gasteiger partial charge is 0.242 e. The lowest BCUT2D eigenvalue weighted by molar-refractivity contribution is -0.139. The fourth-order valence-electron chi connectivity index (χ4n) is 3.41. The summed E-state index contributed by atoms with van der Waals surface area (Å²) in [7, 11) is 0. The molecule has 0 aliphatic heterocycles. The largest absolute Gasteiger partial charge is 0.354 e. The van der Waals surface area contributed by atoms with Gasteiger partial charge in [-0.05, 0) is 44.7 Å². The van der Waals surface area contributed by atoms with Crippen LogP contribution in [-0.2, 0) is 22.4 Å². The first-order valence-electron chi connectivity index (χ1n) is 10.1. The van der Waals surface area contributed by atoms with Gasteiger partial charge in [-0.25, -0.2) is 0 Å². The first-order valence-corrected chi connectivity index (χ1v) is 10.1. The first-order chi connectivity index (χ1) is 13.4. The molecule has 4 nitrogen and oxygen atoms in total. The van der Waals surface area contributed by atoms with Crippen LogP contribution in [-0.4, -0.2) is 35.8 Å². The Morgan fingerprint density at radius 1 is 1.00 bits per heavy atom. The van der Waals surface area contributed by atoms with Crippen LogP contribution in [0.1, 0.15) is 42.5 Å². The van der Waals surface area contributed by atoms with Crippen LogP contribution in [0.4, 0.5) is 0 Å². The molecule has 1 N–H and O–H groups in total. The molecule has 0 saturated heterocycles. The van der Waals surface area contributed by atoms with Crippen molar-refractivity contribution in [2.45, 2.75) is 53.0 Å². The van der Waals surface area contributed by atoms with Gasteiger partial charge in [0.25, 0.3) is 0 Å². The van der Waals surface area contributed by atoms with Crippen molar-refractivity contribution in [3.63, 3.8) is 0 Å². The normalized spacial score (nSPS) is 11.7. The number of amides is 2. The van der Waals surface area contributed by atoms with Gasteiger partial charge in [-0.1, -0.05) is 66.6 Å². The molecule has 2 aromatic carbocycles. The van der Waals surface area contributed by atoms with E-state index in [0.717, 1.165) is 35.1 Å². The lowest BCUT2D eigenvalue weighted by Crippen LogP contribution is -2.49. The summed E-state index contributed by atoms with van der Waals surface area (Å²) < 4.78 is 0. The lowest BCUT2D eigenvalue weighted by atomic mass is 10.0. The maximum absolute atomic E-state index is 13.1. The second-order valence-electron chi connectivity index (χ2n) is 7.46. The van der Waals surface area contributed by atoms with E-state index in [1.165, 1.54) is 0 Å². The van der Waals surface area contributed by atoms with E-state index in [4.69, 9.17) is 0 Å². The molecule has 150 valence electrons. The molecule has 2 rings (SSSR count). The monoisotopic (exact) mass is 380 g/mol. The Bertz CT molecular complexity index is 766. The molecule has 0 radical (unpaired) electrons. The average Bonchev–Trinajstić information content (AvgIpc) is 2.66. The Hall–Kier alpha value is -2.62. The van der Waals surface area contributed by atoms with Crippen LogP contribution in [0.25, 0.3) is 0 Å². The van der Waals surface area contributed by atoms with Gasteiger partial charge in [0, 0.05) is 13.1 Å². The van der Waals surface area contributed by atoms with E-state index in [-0.39, 0.29) is 11.8 Å². The van der Waals surface area contributed by atoms with Crippen molar-refractivity contribution in [3.8, 4) is 0 Å². The zero-order chi connectivity index (χ0) is 20.5. The SMILES string of the molecule is CCCNC(=O)[C@H](C)N(CCc1ccccc1)C(=O)Cc1cc(C)cc(C)c1. The molecule has 2 amide bonds. The first kappa shape index (κ1) is 21.7. The van der Waals surface area contributed by atoms with Crippen LogP contribution in [0.3, 0.4) is 0 Å². The minimum absolute atomic E-state index is 0.0138. The van der Waals surface area contributed by atoms with E-state index in [1.807, 2.05) is 70.2 Å². The van der Waals surface area contributed by atoms with E-state index < -0.39 is 6.04 Å². The molecule has 0 bridgehead atoms. The summed E-state index contributed by atoms with van der Waals surface area (Å²) in [4.78, 5) is 27.4. The molecule has 0 saturated carbocycles. The number of hydrogen-bond donors (Lipinski definition) is 1. The second kappa shape index (κ2) is 10.6. The summed E-state index contributed by atoms with van der Waals surface area (Å²) in [5.74, 6) is -0.108. The van der Waals surface area contributed by atoms with Gasteiger partial charge in [0.15, 0.2) is 0 Å². The summed E-state index contributed by atoms with van der Waals surface area (Å²) in [6, 6.07) is 15.8. The van der Waals surface area contributed by atoms with Crippen LogP contribution >= 0.6 is 0 Å². The highest BCUT2D eigenvalue weighted by Crippen LogP contribution is 2.13. The highest BCUT2D eigenvalue weighted by atomic mass is 16.2. The van der Waals surface area contributed by atoms with Crippen LogP contribution in [0, 0.1) is 13.8 Å². The van der Waals surface area contributed by atoms with Gasteiger partial charge in [-0.3, -0.25) is 9.59 Å². The summed E-state index contributed by atoms with van der Waals surface area (Å²) in [6.07, 6.45) is 1.91. The minimum atomic E-state index is -0.492. The van der Waals surface area contributed by atoms with Crippen LogP contribution in [0.15, 0.2) is 48.5 Å². The Labute approximate surface area is 169 Å². The zero-order valence-corrected chi connectivity index (χ0v) is 17.5. The van der Waals surface area contributed by atoms with Crippen molar-refractivity contribution in [2.75, 3.05) is 13.1 Å². The highest BCUT2D eigenvalue weighted by Gasteiger charge is 2.25. The third-order valence-electron chi connectivity index (χ3n) is 4.84. The van der Waals surface area contributed by atoms with Gasteiger partial charge in [-0.15, -0.1) is 0 Å². The molecule has 1 atom stereocenters. The van der Waals surface area contributed by atoms with Crippen LogP contribution in [0.5, 0.6) is 0 Å². The zero-order valence-electron chi connectivity index (χ0n) is 17.5. The molecule has 4 heteroatoms. The molecule has 0 spiro atoms. The van der Waals surface area contributed by atoms with Gasteiger partial charge in [0.2, 0.25) is 11.8 Å². The molecular weight excluding hydrogens is 348 g/mol. The highest BCUT2D eigenvalue weighted by molar-refractivity contribution is 5.88. The summed E-state index contributed by atoms with van der Waals surface area (Å²) in [5, 5.41) is 2.91. The number of carbonyl (C=O) groups excluding carboxylic acids is 2. The molecule has 0 fully saturated rings. The van der Waals surface area contributed by atoms with Crippen molar-refractivity contribution in [2.24, 2.45) is 0 Å². The molecule has 0 unspecified atom stereocenters. The molecule has 28 heavy (non-hydrogen) atoms.